The molecule has 0 unspecified atom stereocenters. The zero-order chi connectivity index (χ0) is 9.42. The lowest BCUT2D eigenvalue weighted by molar-refractivity contribution is 0.0695. The Hall–Kier alpha value is -1.23. The Kier molecular flexibility index (Phi) is 1.88. The van der Waals surface area contributed by atoms with E-state index in [1.54, 1.807) is 6.07 Å². The van der Waals surface area contributed by atoms with Crippen LogP contribution in [0.25, 0.3) is 0 Å². The predicted octanol–water partition coefficient (Wildman–Crippen LogP) is 1.88. The molecule has 0 aliphatic carbocycles. The minimum Gasteiger partial charge on any atom is -0.478 e. The summed E-state index contributed by atoms with van der Waals surface area (Å²) < 4.78 is 10.6. The Morgan fingerprint density at radius 3 is 2.62 bits per heavy atom. The van der Waals surface area contributed by atoms with Gasteiger partial charge in [0.15, 0.2) is 11.5 Å². The zero-order valence-electron chi connectivity index (χ0n) is 6.41. The van der Waals surface area contributed by atoms with E-state index in [1.165, 1.54) is 6.07 Å². The van der Waals surface area contributed by atoms with Gasteiger partial charge >= 0.3 is 5.97 Å². The molecule has 0 saturated heterocycles. The van der Waals surface area contributed by atoms with Gasteiger partial charge in [0.25, 0.3) is 0 Å². The van der Waals surface area contributed by atoms with E-state index in [0.717, 1.165) is 0 Å². The van der Waals surface area contributed by atoms with Crippen LogP contribution in [-0.2, 0) is 0 Å². The van der Waals surface area contributed by atoms with Crippen LogP contribution in [0.3, 0.4) is 0 Å². The largest absolute Gasteiger partial charge is 0.478 e. The molecule has 0 atom stereocenters. The molecule has 13 heavy (non-hydrogen) atoms. The maximum atomic E-state index is 10.7. The summed E-state index contributed by atoms with van der Waals surface area (Å²) in [6.07, 6.45) is 0. The summed E-state index contributed by atoms with van der Waals surface area (Å²) in [4.78, 5) is 10.7. The van der Waals surface area contributed by atoms with Crippen LogP contribution in [0.15, 0.2) is 16.6 Å². The van der Waals surface area contributed by atoms with E-state index in [9.17, 15) is 4.79 Å². The highest BCUT2D eigenvalue weighted by Gasteiger charge is 2.18. The van der Waals surface area contributed by atoms with Crippen molar-refractivity contribution < 1.29 is 19.4 Å². The van der Waals surface area contributed by atoms with Gasteiger partial charge in [0.2, 0.25) is 6.79 Å². The molecule has 4 nitrogen and oxygen atoms in total. The van der Waals surface area contributed by atoms with Crippen molar-refractivity contribution in [3.63, 3.8) is 0 Å². The minimum atomic E-state index is -0.995. The molecular formula is C8H5BrO4. The highest BCUT2D eigenvalue weighted by Crippen LogP contribution is 2.36. The third kappa shape index (κ3) is 1.35. The second-order valence-electron chi connectivity index (χ2n) is 2.49. The van der Waals surface area contributed by atoms with Gasteiger partial charge in [-0.25, -0.2) is 4.79 Å². The van der Waals surface area contributed by atoms with Gasteiger partial charge in [-0.1, -0.05) is 0 Å². The molecule has 1 aliphatic rings. The summed E-state index contributed by atoms with van der Waals surface area (Å²) >= 11 is 3.13. The minimum absolute atomic E-state index is 0.144. The van der Waals surface area contributed by atoms with E-state index in [-0.39, 0.29) is 12.4 Å². The Morgan fingerprint density at radius 1 is 1.38 bits per heavy atom. The van der Waals surface area contributed by atoms with Crippen molar-refractivity contribution in [2.45, 2.75) is 0 Å². The first-order valence-electron chi connectivity index (χ1n) is 3.51. The fourth-order valence-corrected chi connectivity index (χ4v) is 1.57. The Labute approximate surface area is 82.2 Å². The first kappa shape index (κ1) is 8.37. The molecule has 1 aromatic rings. The van der Waals surface area contributed by atoms with Gasteiger partial charge in [-0.05, 0) is 28.1 Å². The monoisotopic (exact) mass is 244 g/mol. The van der Waals surface area contributed by atoms with Crippen LogP contribution in [0.5, 0.6) is 11.5 Å². The van der Waals surface area contributed by atoms with Gasteiger partial charge in [-0.2, -0.15) is 0 Å². The third-order valence-corrected chi connectivity index (χ3v) is 2.35. The molecule has 1 N–H and O–H groups in total. The van der Waals surface area contributed by atoms with Crippen molar-refractivity contribution in [1.29, 1.82) is 0 Å². The first-order chi connectivity index (χ1) is 6.18. The van der Waals surface area contributed by atoms with Crippen LogP contribution >= 0.6 is 15.9 Å². The second kappa shape index (κ2) is 2.92. The van der Waals surface area contributed by atoms with Crippen LogP contribution < -0.4 is 9.47 Å². The van der Waals surface area contributed by atoms with E-state index in [1.807, 2.05) is 0 Å². The lowest BCUT2D eigenvalue weighted by atomic mass is 10.2. The number of hydrogen-bond acceptors (Lipinski definition) is 3. The summed E-state index contributed by atoms with van der Waals surface area (Å²) in [7, 11) is 0. The van der Waals surface area contributed by atoms with E-state index in [2.05, 4.69) is 15.9 Å². The molecule has 0 fully saturated rings. The summed E-state index contributed by atoms with van der Waals surface area (Å²) in [6.45, 7) is 0.144. The van der Waals surface area contributed by atoms with Gasteiger partial charge < -0.3 is 14.6 Å². The lowest BCUT2D eigenvalue weighted by Crippen LogP contribution is -1.97. The predicted molar refractivity (Wildman–Crippen MR) is 47.2 cm³/mol. The summed E-state index contributed by atoms with van der Waals surface area (Å²) in [5.74, 6) is 0.0441. The van der Waals surface area contributed by atoms with E-state index < -0.39 is 5.97 Å². The van der Waals surface area contributed by atoms with Crippen molar-refractivity contribution >= 4 is 21.9 Å². The summed E-state index contributed by atoms with van der Waals surface area (Å²) in [5.41, 5.74) is 0.171. The van der Waals surface area contributed by atoms with Crippen LogP contribution in [0, 0.1) is 0 Å². The van der Waals surface area contributed by atoms with Gasteiger partial charge in [-0.3, -0.25) is 0 Å². The highest BCUT2D eigenvalue weighted by atomic mass is 79.9. The Bertz CT molecular complexity index is 375. The molecule has 68 valence electrons. The van der Waals surface area contributed by atoms with Crippen LogP contribution in [0.2, 0.25) is 0 Å². The molecule has 0 spiro atoms. The van der Waals surface area contributed by atoms with Gasteiger partial charge in [0, 0.05) is 4.47 Å². The lowest BCUT2D eigenvalue weighted by Gasteiger charge is -2.00. The van der Waals surface area contributed by atoms with E-state index >= 15 is 0 Å². The number of carbonyl (C=O) groups is 1. The normalized spacial score (nSPS) is 13.0. The maximum absolute atomic E-state index is 10.7. The van der Waals surface area contributed by atoms with Crippen LogP contribution in [-0.4, -0.2) is 17.9 Å². The maximum Gasteiger partial charge on any atom is 0.336 e. The number of carboxylic acids is 1. The number of halogens is 1. The van der Waals surface area contributed by atoms with E-state index in [0.29, 0.717) is 16.0 Å². The SMILES string of the molecule is O=C(O)c1cc2c(cc1Br)OCO2. The van der Waals surface area contributed by atoms with Crippen molar-refractivity contribution in [3.8, 4) is 11.5 Å². The molecule has 1 aromatic carbocycles. The molecule has 0 aromatic heterocycles. The summed E-state index contributed by atoms with van der Waals surface area (Å²) in [5, 5.41) is 8.77. The molecule has 1 heterocycles. The van der Waals surface area contributed by atoms with Gasteiger partial charge in [0.1, 0.15) is 0 Å². The number of benzene rings is 1. The first-order valence-corrected chi connectivity index (χ1v) is 4.30. The molecule has 0 amide bonds. The number of rotatable bonds is 1. The molecule has 5 heteroatoms. The third-order valence-electron chi connectivity index (χ3n) is 1.69. The molecular weight excluding hydrogens is 240 g/mol. The van der Waals surface area contributed by atoms with Crippen LogP contribution in [0.4, 0.5) is 0 Å². The fraction of sp³-hybridized carbons (Fsp3) is 0.125. The highest BCUT2D eigenvalue weighted by molar-refractivity contribution is 9.10. The average Bonchev–Trinajstić information content (AvgIpc) is 2.48. The van der Waals surface area contributed by atoms with E-state index in [4.69, 9.17) is 14.6 Å². The number of hydrogen-bond donors (Lipinski definition) is 1. The Morgan fingerprint density at radius 2 is 2.00 bits per heavy atom. The quantitative estimate of drug-likeness (QED) is 0.820. The van der Waals surface area contributed by atoms with Crippen molar-refractivity contribution in [2.75, 3.05) is 6.79 Å². The molecule has 0 radical (unpaired) electrons. The topological polar surface area (TPSA) is 55.8 Å². The molecule has 2 rings (SSSR count). The van der Waals surface area contributed by atoms with Gasteiger partial charge in [0.05, 0.1) is 5.56 Å². The van der Waals surface area contributed by atoms with Crippen LogP contribution in [0.1, 0.15) is 10.4 Å². The fourth-order valence-electron chi connectivity index (χ4n) is 1.08. The molecule has 1 aliphatic heterocycles. The smallest absolute Gasteiger partial charge is 0.336 e. The zero-order valence-corrected chi connectivity index (χ0v) is 8.00. The number of ether oxygens (including phenoxy) is 2. The Balaban J connectivity index is 2.55. The molecule has 0 saturated carbocycles. The number of fused-ring (bicyclic) bond motifs is 1. The van der Waals surface area contributed by atoms with Crippen molar-refractivity contribution in [1.82, 2.24) is 0 Å². The second-order valence-corrected chi connectivity index (χ2v) is 3.34. The van der Waals surface area contributed by atoms with Crippen molar-refractivity contribution in [3.05, 3.63) is 22.2 Å². The number of aromatic carboxylic acids is 1. The molecule has 0 bridgehead atoms. The summed E-state index contributed by atoms with van der Waals surface area (Å²) in [6, 6.07) is 3.03. The van der Waals surface area contributed by atoms with Crippen molar-refractivity contribution in [2.24, 2.45) is 0 Å². The standard InChI is InChI=1S/C8H5BrO4/c9-5-2-7-6(12-3-13-7)1-4(5)8(10)11/h1-2H,3H2,(H,10,11). The van der Waals surface area contributed by atoms with Gasteiger partial charge in [-0.15, -0.1) is 0 Å². The number of carboxylic acid groups (broad SMARTS) is 1. The average molecular weight is 245 g/mol.